The highest BCUT2D eigenvalue weighted by Crippen LogP contribution is 2.16. The molecular formula is C23H33F3N2O5Si. The molecule has 0 spiro atoms. The Morgan fingerprint density at radius 1 is 1.06 bits per heavy atom. The van der Waals surface area contributed by atoms with Gasteiger partial charge < -0.3 is 14.8 Å². The fourth-order valence-corrected chi connectivity index (χ4v) is 3.45. The number of hydrogen-bond donors (Lipinski definition) is 1. The van der Waals surface area contributed by atoms with E-state index in [-0.39, 0.29) is 19.6 Å². The number of carbonyl (C=O) groups is 3. The van der Waals surface area contributed by atoms with Crippen LogP contribution in [0, 0.1) is 0 Å². The number of nitrogens with one attached hydrogen (secondary N) is 1. The minimum Gasteiger partial charge on any atom is -0.464 e. The minimum atomic E-state index is -5.10. The summed E-state index contributed by atoms with van der Waals surface area (Å²) in [5.41, 5.74) is 1.32. The summed E-state index contributed by atoms with van der Waals surface area (Å²) in [4.78, 5) is 39.3. The highest BCUT2D eigenvalue weighted by atomic mass is 28.3. The number of alkyl halides is 3. The summed E-state index contributed by atoms with van der Waals surface area (Å²) in [5.74, 6) is -3.07. The molecule has 0 saturated heterocycles. The van der Waals surface area contributed by atoms with E-state index < -0.39 is 38.3 Å². The van der Waals surface area contributed by atoms with Crippen LogP contribution in [0.2, 0.25) is 25.7 Å². The van der Waals surface area contributed by atoms with Gasteiger partial charge in [0, 0.05) is 13.8 Å². The Morgan fingerprint density at radius 2 is 1.71 bits per heavy atom. The smallest absolute Gasteiger partial charge is 0.464 e. The van der Waals surface area contributed by atoms with E-state index in [2.05, 4.69) is 24.6 Å². The Morgan fingerprint density at radius 3 is 2.29 bits per heavy atom. The molecule has 11 heteroatoms. The number of halogens is 3. The number of unbranched alkanes of at least 4 members (excludes halogenated alkanes) is 1. The van der Waals surface area contributed by atoms with Crippen LogP contribution in [0.4, 0.5) is 18.0 Å². The van der Waals surface area contributed by atoms with Gasteiger partial charge in [0.2, 0.25) is 0 Å². The van der Waals surface area contributed by atoms with Crippen LogP contribution < -0.4 is 5.32 Å². The Bertz CT molecular complexity index is 839. The molecule has 34 heavy (non-hydrogen) atoms. The van der Waals surface area contributed by atoms with Gasteiger partial charge in [-0.05, 0) is 37.8 Å². The SMILES string of the molecule is CC(CCCC[C@H](NC(=O)C(F)(F)F)C(=O)OCC[Si](C)(C)C)=NC(=O)OCc1ccccc1. The molecule has 2 amide bonds. The molecule has 0 aliphatic rings. The summed E-state index contributed by atoms with van der Waals surface area (Å²) < 4.78 is 48.1. The lowest BCUT2D eigenvalue weighted by atomic mass is 10.1. The maximum absolute atomic E-state index is 12.6. The molecule has 1 aromatic rings. The third-order valence-electron chi connectivity index (χ3n) is 4.71. The molecule has 190 valence electrons. The number of esters is 1. The molecule has 1 N–H and O–H groups in total. The van der Waals surface area contributed by atoms with Crippen molar-refractivity contribution in [1.82, 2.24) is 5.32 Å². The predicted molar refractivity (Wildman–Crippen MR) is 125 cm³/mol. The Labute approximate surface area is 199 Å². The van der Waals surface area contributed by atoms with Crippen molar-refractivity contribution in [2.24, 2.45) is 4.99 Å². The van der Waals surface area contributed by atoms with Crippen molar-refractivity contribution in [1.29, 1.82) is 0 Å². The maximum Gasteiger partial charge on any atom is 0.471 e. The van der Waals surface area contributed by atoms with Gasteiger partial charge in [0.15, 0.2) is 0 Å². The molecule has 0 unspecified atom stereocenters. The molecular weight excluding hydrogens is 469 g/mol. The van der Waals surface area contributed by atoms with Gasteiger partial charge in [-0.1, -0.05) is 56.4 Å². The molecule has 0 heterocycles. The van der Waals surface area contributed by atoms with Crippen molar-refractivity contribution in [3.8, 4) is 0 Å². The van der Waals surface area contributed by atoms with E-state index in [1.54, 1.807) is 12.2 Å². The van der Waals surface area contributed by atoms with Crippen molar-refractivity contribution in [2.45, 2.75) is 77.1 Å². The number of benzene rings is 1. The van der Waals surface area contributed by atoms with E-state index in [1.165, 1.54) is 0 Å². The first-order valence-electron chi connectivity index (χ1n) is 11.1. The van der Waals surface area contributed by atoms with Crippen LogP contribution in [0.15, 0.2) is 35.3 Å². The fourth-order valence-electron chi connectivity index (χ4n) is 2.74. The van der Waals surface area contributed by atoms with Gasteiger partial charge >= 0.3 is 24.1 Å². The second-order valence-corrected chi connectivity index (χ2v) is 14.8. The third kappa shape index (κ3) is 13.1. The van der Waals surface area contributed by atoms with Gasteiger partial charge in [-0.2, -0.15) is 18.2 Å². The topological polar surface area (TPSA) is 94.1 Å². The van der Waals surface area contributed by atoms with Crippen molar-refractivity contribution in [3.63, 3.8) is 0 Å². The van der Waals surface area contributed by atoms with E-state index in [0.717, 1.165) is 5.56 Å². The molecule has 1 rings (SSSR count). The lowest BCUT2D eigenvalue weighted by Crippen LogP contribution is -2.47. The molecule has 0 aliphatic heterocycles. The van der Waals surface area contributed by atoms with E-state index in [9.17, 15) is 27.6 Å². The number of amides is 2. The number of nitrogens with zero attached hydrogens (tertiary/aromatic N) is 1. The first kappa shape index (κ1) is 29.3. The normalized spacial score (nSPS) is 13.2. The molecule has 1 aromatic carbocycles. The molecule has 1 atom stereocenters. The summed E-state index contributed by atoms with van der Waals surface area (Å²) in [5, 5.41) is 1.73. The van der Waals surface area contributed by atoms with Crippen molar-refractivity contribution in [3.05, 3.63) is 35.9 Å². The molecule has 0 fully saturated rings. The zero-order valence-electron chi connectivity index (χ0n) is 20.0. The van der Waals surface area contributed by atoms with Gasteiger partial charge in [-0.25, -0.2) is 9.59 Å². The molecule has 0 aliphatic carbocycles. The largest absolute Gasteiger partial charge is 0.471 e. The standard InChI is InChI=1S/C23H33F3N2O5Si/c1-17(27-22(31)33-16-18-11-6-5-7-12-18)10-8-9-13-19(28-21(30)23(24,25)26)20(29)32-14-15-34(2,3)4/h5-7,11-12,19H,8-10,13-16H2,1-4H3,(H,28,30)/t19-/m0/s1. The number of hydrogen-bond acceptors (Lipinski definition) is 5. The average Bonchev–Trinajstić information content (AvgIpc) is 2.73. The van der Waals surface area contributed by atoms with Gasteiger partial charge in [0.05, 0.1) is 6.61 Å². The van der Waals surface area contributed by atoms with Crippen LogP contribution in [-0.4, -0.2) is 50.6 Å². The van der Waals surface area contributed by atoms with Gasteiger partial charge in [-0.15, -0.1) is 0 Å². The zero-order chi connectivity index (χ0) is 25.8. The van der Waals surface area contributed by atoms with E-state index in [1.807, 2.05) is 30.3 Å². The van der Waals surface area contributed by atoms with Crippen LogP contribution in [0.25, 0.3) is 0 Å². The quantitative estimate of drug-likeness (QED) is 0.182. The predicted octanol–water partition coefficient (Wildman–Crippen LogP) is 5.27. The Hall–Kier alpha value is -2.69. The monoisotopic (exact) mass is 502 g/mol. The van der Waals surface area contributed by atoms with E-state index in [4.69, 9.17) is 9.47 Å². The second kappa shape index (κ2) is 13.9. The third-order valence-corrected chi connectivity index (χ3v) is 6.42. The summed E-state index contributed by atoms with van der Waals surface area (Å²) in [6, 6.07) is 8.38. The molecule has 0 aromatic heterocycles. The number of carbonyl (C=O) groups excluding carboxylic acids is 3. The maximum atomic E-state index is 12.6. The molecule has 7 nitrogen and oxygen atoms in total. The first-order chi connectivity index (χ1) is 15.8. The van der Waals surface area contributed by atoms with Gasteiger partial charge in [-0.3, -0.25) is 4.79 Å². The highest BCUT2D eigenvalue weighted by Gasteiger charge is 2.41. The summed E-state index contributed by atoms with van der Waals surface area (Å²) in [6.07, 6.45) is -4.72. The fraction of sp³-hybridized carbons (Fsp3) is 0.565. The van der Waals surface area contributed by atoms with Crippen molar-refractivity contribution >= 4 is 31.8 Å². The highest BCUT2D eigenvalue weighted by molar-refractivity contribution is 6.76. The van der Waals surface area contributed by atoms with E-state index in [0.29, 0.717) is 31.0 Å². The van der Waals surface area contributed by atoms with Gasteiger partial charge in [0.1, 0.15) is 12.6 Å². The first-order valence-corrected chi connectivity index (χ1v) is 14.8. The Balaban J connectivity index is 2.52. The number of ether oxygens (including phenoxy) is 2. The van der Waals surface area contributed by atoms with Crippen molar-refractivity contribution < 1.29 is 37.0 Å². The van der Waals surface area contributed by atoms with Crippen LogP contribution in [0.1, 0.15) is 38.2 Å². The summed E-state index contributed by atoms with van der Waals surface area (Å²) >= 11 is 0. The number of aliphatic imine (C=N–C) groups is 1. The summed E-state index contributed by atoms with van der Waals surface area (Å²) in [6.45, 7) is 8.05. The average molecular weight is 503 g/mol. The van der Waals surface area contributed by atoms with Crippen LogP contribution in [0.3, 0.4) is 0 Å². The molecule has 0 bridgehead atoms. The minimum absolute atomic E-state index is 0.0284. The van der Waals surface area contributed by atoms with Crippen LogP contribution in [-0.2, 0) is 25.7 Å². The molecule has 0 radical (unpaired) electrons. The second-order valence-electron chi connectivity index (χ2n) is 9.14. The number of rotatable bonds is 12. The summed E-state index contributed by atoms with van der Waals surface area (Å²) in [7, 11) is -1.50. The van der Waals surface area contributed by atoms with E-state index >= 15 is 0 Å². The van der Waals surface area contributed by atoms with Gasteiger partial charge in [0.25, 0.3) is 0 Å². The lowest BCUT2D eigenvalue weighted by Gasteiger charge is -2.20. The van der Waals surface area contributed by atoms with Crippen LogP contribution >= 0.6 is 0 Å². The van der Waals surface area contributed by atoms with Crippen LogP contribution in [0.5, 0.6) is 0 Å². The Kier molecular flexibility index (Phi) is 12.0. The lowest BCUT2D eigenvalue weighted by molar-refractivity contribution is -0.176. The zero-order valence-corrected chi connectivity index (χ0v) is 21.0. The molecule has 0 saturated carbocycles. The van der Waals surface area contributed by atoms with Crippen molar-refractivity contribution in [2.75, 3.05) is 6.61 Å².